The minimum atomic E-state index is 0.0741. The van der Waals surface area contributed by atoms with Gasteiger partial charge in [-0.3, -0.25) is 9.69 Å². The molecule has 20 heavy (non-hydrogen) atoms. The zero-order valence-corrected chi connectivity index (χ0v) is 13.0. The van der Waals surface area contributed by atoms with Crippen LogP contribution >= 0.6 is 24.0 Å². The van der Waals surface area contributed by atoms with Crippen molar-refractivity contribution in [1.29, 1.82) is 0 Å². The summed E-state index contributed by atoms with van der Waals surface area (Å²) in [6.45, 7) is 1.43. The van der Waals surface area contributed by atoms with Gasteiger partial charge in [0.25, 0.3) is 5.91 Å². The number of rotatable bonds is 3. The summed E-state index contributed by atoms with van der Waals surface area (Å²) in [4.78, 5) is 15.0. The van der Waals surface area contributed by atoms with E-state index in [0.717, 1.165) is 43.6 Å². The van der Waals surface area contributed by atoms with Crippen LogP contribution in [-0.4, -0.2) is 34.4 Å². The summed E-state index contributed by atoms with van der Waals surface area (Å²) in [5.74, 6) is 0.557. The summed E-state index contributed by atoms with van der Waals surface area (Å²) >= 11 is 6.80. The highest BCUT2D eigenvalue weighted by Gasteiger charge is 2.34. The highest BCUT2D eigenvalue weighted by atomic mass is 32.2. The molecule has 0 saturated carbocycles. The van der Waals surface area contributed by atoms with E-state index in [0.29, 0.717) is 16.8 Å². The third-order valence-corrected chi connectivity index (χ3v) is 5.38. The van der Waals surface area contributed by atoms with Gasteiger partial charge >= 0.3 is 0 Å². The second kappa shape index (κ2) is 6.41. The topological polar surface area (TPSA) is 29.5 Å². The summed E-state index contributed by atoms with van der Waals surface area (Å²) in [5, 5.41) is 0. The predicted octanol–water partition coefficient (Wildman–Crippen LogP) is 3.27. The molecule has 0 aromatic carbocycles. The lowest BCUT2D eigenvalue weighted by Crippen LogP contribution is -2.35. The van der Waals surface area contributed by atoms with Gasteiger partial charge in [-0.25, -0.2) is 0 Å². The van der Waals surface area contributed by atoms with E-state index in [9.17, 15) is 4.79 Å². The number of thioether (sulfide) groups is 1. The van der Waals surface area contributed by atoms with E-state index in [1.807, 2.05) is 0 Å². The standard InChI is InChI=1S/C15H19NO2S2/c17-14-13(9-11-5-2-1-3-6-11)20-15(19)16(14)10-12-7-4-8-18-12/h1-2,9,11-12H,3-8,10H2/b13-9+. The fraction of sp³-hybridized carbons (Fsp3) is 0.600. The lowest BCUT2D eigenvalue weighted by molar-refractivity contribution is -0.123. The maximum atomic E-state index is 12.5. The molecule has 2 atom stereocenters. The molecule has 2 heterocycles. The molecule has 0 radical (unpaired) electrons. The van der Waals surface area contributed by atoms with Gasteiger partial charge in [-0.2, -0.15) is 0 Å². The zero-order valence-electron chi connectivity index (χ0n) is 11.4. The van der Waals surface area contributed by atoms with Crippen LogP contribution in [0, 0.1) is 5.92 Å². The van der Waals surface area contributed by atoms with Crippen molar-refractivity contribution >= 4 is 34.2 Å². The summed E-state index contributed by atoms with van der Waals surface area (Å²) in [6, 6.07) is 0. The lowest BCUT2D eigenvalue weighted by atomic mass is 9.94. The van der Waals surface area contributed by atoms with Crippen molar-refractivity contribution in [3.63, 3.8) is 0 Å². The van der Waals surface area contributed by atoms with E-state index in [1.165, 1.54) is 11.8 Å². The van der Waals surface area contributed by atoms with E-state index in [4.69, 9.17) is 17.0 Å². The Morgan fingerprint density at radius 3 is 3.05 bits per heavy atom. The number of thiocarbonyl (C=S) groups is 1. The van der Waals surface area contributed by atoms with Crippen LogP contribution in [-0.2, 0) is 9.53 Å². The Morgan fingerprint density at radius 2 is 2.35 bits per heavy atom. The zero-order chi connectivity index (χ0) is 13.9. The molecule has 0 aromatic heterocycles. The summed E-state index contributed by atoms with van der Waals surface area (Å²) in [6.07, 6.45) is 12.1. The van der Waals surface area contributed by atoms with Crippen LogP contribution in [0.15, 0.2) is 23.1 Å². The number of ether oxygens (including phenoxy) is 1. The first-order chi connectivity index (χ1) is 9.74. The molecule has 108 valence electrons. The van der Waals surface area contributed by atoms with Gasteiger partial charge in [0.1, 0.15) is 4.32 Å². The van der Waals surface area contributed by atoms with Crippen LogP contribution in [0.3, 0.4) is 0 Å². The molecule has 0 aromatic rings. The van der Waals surface area contributed by atoms with Crippen molar-refractivity contribution in [3.8, 4) is 0 Å². The normalized spacial score (nSPS) is 32.6. The SMILES string of the molecule is O=C1/C(=C\C2CC=CCC2)SC(=S)N1CC1CCCO1. The van der Waals surface area contributed by atoms with Gasteiger partial charge < -0.3 is 4.74 Å². The minimum Gasteiger partial charge on any atom is -0.376 e. The van der Waals surface area contributed by atoms with Crippen LogP contribution in [0.2, 0.25) is 0 Å². The molecule has 5 heteroatoms. The molecule has 1 amide bonds. The third-order valence-electron chi connectivity index (χ3n) is 3.98. The molecule has 2 aliphatic heterocycles. The Kier molecular flexibility index (Phi) is 4.58. The first-order valence-corrected chi connectivity index (χ1v) is 8.48. The smallest absolute Gasteiger partial charge is 0.265 e. The molecule has 0 N–H and O–H groups in total. The molecule has 3 rings (SSSR count). The molecule has 3 aliphatic rings. The lowest BCUT2D eigenvalue weighted by Gasteiger charge is -2.18. The summed E-state index contributed by atoms with van der Waals surface area (Å²) < 4.78 is 6.29. The maximum Gasteiger partial charge on any atom is 0.265 e. The van der Waals surface area contributed by atoms with Crippen molar-refractivity contribution in [2.45, 2.75) is 38.2 Å². The Balaban J connectivity index is 1.66. The van der Waals surface area contributed by atoms with Gasteiger partial charge in [-0.1, -0.05) is 42.2 Å². The van der Waals surface area contributed by atoms with Gasteiger partial charge in [-0.15, -0.1) is 0 Å². The number of hydrogen-bond donors (Lipinski definition) is 0. The molecule has 0 spiro atoms. The number of carbonyl (C=O) groups excluding carboxylic acids is 1. The largest absolute Gasteiger partial charge is 0.376 e. The number of amides is 1. The fourth-order valence-corrected chi connectivity index (χ4v) is 4.19. The molecule has 3 nitrogen and oxygen atoms in total. The monoisotopic (exact) mass is 309 g/mol. The molecule has 2 unspecified atom stereocenters. The first-order valence-electron chi connectivity index (χ1n) is 7.26. The van der Waals surface area contributed by atoms with Crippen molar-refractivity contribution in [2.24, 2.45) is 5.92 Å². The van der Waals surface area contributed by atoms with E-state index in [2.05, 4.69) is 18.2 Å². The van der Waals surface area contributed by atoms with Crippen LogP contribution in [0.1, 0.15) is 32.1 Å². The Morgan fingerprint density at radius 1 is 1.45 bits per heavy atom. The Hall–Kier alpha value is -0.650. The molecular weight excluding hydrogens is 290 g/mol. The maximum absolute atomic E-state index is 12.5. The molecule has 0 bridgehead atoms. The first kappa shape index (κ1) is 14.3. The van der Waals surface area contributed by atoms with Gasteiger partial charge in [0.15, 0.2) is 0 Å². The van der Waals surface area contributed by atoms with E-state index >= 15 is 0 Å². The number of hydrogen-bond acceptors (Lipinski definition) is 4. The highest BCUT2D eigenvalue weighted by molar-refractivity contribution is 8.26. The quantitative estimate of drug-likeness (QED) is 0.455. The van der Waals surface area contributed by atoms with Crippen LogP contribution < -0.4 is 0 Å². The van der Waals surface area contributed by atoms with Crippen molar-refractivity contribution in [1.82, 2.24) is 4.90 Å². The van der Waals surface area contributed by atoms with Crippen molar-refractivity contribution in [3.05, 3.63) is 23.1 Å². The summed E-state index contributed by atoms with van der Waals surface area (Å²) in [5.41, 5.74) is 0. The third kappa shape index (κ3) is 3.15. The Bertz CT molecular complexity index is 466. The number of carbonyl (C=O) groups is 1. The second-order valence-corrected chi connectivity index (χ2v) is 7.17. The number of allylic oxidation sites excluding steroid dienone is 3. The molecule has 2 saturated heterocycles. The second-order valence-electron chi connectivity index (χ2n) is 5.49. The van der Waals surface area contributed by atoms with Crippen molar-refractivity contribution < 1.29 is 9.53 Å². The van der Waals surface area contributed by atoms with Gasteiger partial charge in [0.2, 0.25) is 0 Å². The average molecular weight is 309 g/mol. The highest BCUT2D eigenvalue weighted by Crippen LogP contribution is 2.34. The van der Waals surface area contributed by atoms with Gasteiger partial charge in [-0.05, 0) is 38.0 Å². The van der Waals surface area contributed by atoms with Crippen LogP contribution in [0.4, 0.5) is 0 Å². The van der Waals surface area contributed by atoms with Crippen LogP contribution in [0.5, 0.6) is 0 Å². The van der Waals surface area contributed by atoms with E-state index in [-0.39, 0.29) is 12.0 Å². The van der Waals surface area contributed by atoms with Gasteiger partial charge in [0, 0.05) is 6.61 Å². The summed E-state index contributed by atoms with van der Waals surface area (Å²) in [7, 11) is 0. The number of nitrogens with zero attached hydrogens (tertiary/aromatic N) is 1. The Labute approximate surface area is 129 Å². The molecule has 1 aliphatic carbocycles. The van der Waals surface area contributed by atoms with Crippen LogP contribution in [0.25, 0.3) is 0 Å². The van der Waals surface area contributed by atoms with Gasteiger partial charge in [0.05, 0.1) is 17.6 Å². The van der Waals surface area contributed by atoms with E-state index in [1.54, 1.807) is 4.90 Å². The average Bonchev–Trinajstić information content (AvgIpc) is 3.05. The van der Waals surface area contributed by atoms with Crippen molar-refractivity contribution in [2.75, 3.05) is 13.2 Å². The molecule has 2 fully saturated rings. The van der Waals surface area contributed by atoms with E-state index < -0.39 is 0 Å². The minimum absolute atomic E-state index is 0.0741. The predicted molar refractivity (Wildman–Crippen MR) is 85.4 cm³/mol. The fourth-order valence-electron chi connectivity index (χ4n) is 2.85. The molecular formula is C15H19NO2S2.